The van der Waals surface area contributed by atoms with Gasteiger partial charge in [-0.2, -0.15) is 0 Å². The molecule has 4 N–H and O–H groups in total. The SMILES string of the molecule is CCC(=O)CON1CCc2ccc(NC(=O)c3ccc(C(=N)N)cc3)cc2C1=O. The van der Waals surface area contributed by atoms with Gasteiger partial charge in [0, 0.05) is 28.8 Å². The fourth-order valence-corrected chi connectivity index (χ4v) is 2.91. The van der Waals surface area contributed by atoms with Crippen molar-refractivity contribution in [2.45, 2.75) is 19.8 Å². The molecular weight excluding hydrogens is 372 g/mol. The smallest absolute Gasteiger partial charge is 0.277 e. The number of ketones is 1. The maximum Gasteiger partial charge on any atom is 0.277 e. The third-order valence-electron chi connectivity index (χ3n) is 4.64. The van der Waals surface area contributed by atoms with Crippen LogP contribution in [0.15, 0.2) is 42.5 Å². The molecule has 29 heavy (non-hydrogen) atoms. The van der Waals surface area contributed by atoms with Gasteiger partial charge in [-0.3, -0.25) is 24.6 Å². The van der Waals surface area contributed by atoms with Crippen molar-refractivity contribution in [3.05, 3.63) is 64.7 Å². The van der Waals surface area contributed by atoms with Crippen LogP contribution in [0.1, 0.15) is 45.2 Å². The molecule has 0 aromatic heterocycles. The molecule has 8 heteroatoms. The number of anilines is 1. The van der Waals surface area contributed by atoms with E-state index in [1.54, 1.807) is 49.4 Å². The molecule has 2 amide bonds. The van der Waals surface area contributed by atoms with Crippen molar-refractivity contribution in [3.63, 3.8) is 0 Å². The van der Waals surface area contributed by atoms with Gasteiger partial charge in [0.05, 0.1) is 6.54 Å². The first kappa shape index (κ1) is 20.2. The molecule has 0 atom stereocenters. The minimum atomic E-state index is -0.343. The van der Waals surface area contributed by atoms with Crippen molar-refractivity contribution in [2.24, 2.45) is 5.73 Å². The van der Waals surface area contributed by atoms with E-state index in [2.05, 4.69) is 5.32 Å². The Morgan fingerprint density at radius 3 is 2.52 bits per heavy atom. The quantitative estimate of drug-likeness (QED) is 0.490. The number of benzene rings is 2. The van der Waals surface area contributed by atoms with Gasteiger partial charge in [-0.25, -0.2) is 5.06 Å². The maximum absolute atomic E-state index is 12.7. The lowest BCUT2D eigenvalue weighted by molar-refractivity contribution is -0.149. The van der Waals surface area contributed by atoms with Crippen LogP contribution in [0.25, 0.3) is 0 Å². The van der Waals surface area contributed by atoms with E-state index >= 15 is 0 Å². The largest absolute Gasteiger partial charge is 0.384 e. The molecule has 0 spiro atoms. The lowest BCUT2D eigenvalue weighted by Crippen LogP contribution is -2.38. The topological polar surface area (TPSA) is 126 Å². The monoisotopic (exact) mass is 394 g/mol. The van der Waals surface area contributed by atoms with Gasteiger partial charge in [0.2, 0.25) is 0 Å². The zero-order chi connectivity index (χ0) is 21.0. The third kappa shape index (κ3) is 4.67. The van der Waals surface area contributed by atoms with Gasteiger partial charge in [0.15, 0.2) is 5.78 Å². The summed E-state index contributed by atoms with van der Waals surface area (Å²) in [4.78, 5) is 41.9. The number of Topliss-reactive ketones (excluding diaryl/α,β-unsaturated/α-hetero) is 1. The highest BCUT2D eigenvalue weighted by Crippen LogP contribution is 2.23. The average Bonchev–Trinajstić information content (AvgIpc) is 2.73. The van der Waals surface area contributed by atoms with Crippen LogP contribution in [0, 0.1) is 5.41 Å². The number of carbonyl (C=O) groups is 3. The number of amidine groups is 1. The highest BCUT2D eigenvalue weighted by Gasteiger charge is 2.26. The van der Waals surface area contributed by atoms with Crippen LogP contribution in [0.2, 0.25) is 0 Å². The van der Waals surface area contributed by atoms with E-state index in [9.17, 15) is 14.4 Å². The Labute approximate surface area is 168 Å². The molecule has 1 aliphatic heterocycles. The van der Waals surface area contributed by atoms with Crippen molar-refractivity contribution >= 4 is 29.1 Å². The number of hydroxylamine groups is 2. The Morgan fingerprint density at radius 2 is 1.86 bits per heavy atom. The van der Waals surface area contributed by atoms with Crippen LogP contribution in [0.4, 0.5) is 5.69 Å². The predicted octanol–water partition coefficient (Wildman–Crippen LogP) is 2.13. The van der Waals surface area contributed by atoms with Crippen molar-refractivity contribution < 1.29 is 19.2 Å². The molecule has 1 aliphatic rings. The summed E-state index contributed by atoms with van der Waals surface area (Å²) < 4.78 is 0. The fourth-order valence-electron chi connectivity index (χ4n) is 2.91. The molecule has 2 aromatic rings. The Kier molecular flexibility index (Phi) is 6.04. The van der Waals surface area contributed by atoms with E-state index in [-0.39, 0.29) is 30.0 Å². The summed E-state index contributed by atoms with van der Waals surface area (Å²) in [5.41, 5.74) is 8.12. The van der Waals surface area contributed by atoms with Gasteiger partial charge >= 0.3 is 0 Å². The van der Waals surface area contributed by atoms with E-state index in [0.29, 0.717) is 41.8 Å². The Hall–Kier alpha value is -3.52. The second-order valence-electron chi connectivity index (χ2n) is 6.64. The highest BCUT2D eigenvalue weighted by atomic mass is 16.7. The summed E-state index contributed by atoms with van der Waals surface area (Å²) in [6.07, 6.45) is 0.949. The van der Waals surface area contributed by atoms with Gasteiger partial charge in [0.25, 0.3) is 11.8 Å². The summed E-state index contributed by atoms with van der Waals surface area (Å²) in [6, 6.07) is 11.5. The fraction of sp³-hybridized carbons (Fsp3) is 0.238. The van der Waals surface area contributed by atoms with Crippen LogP contribution in [-0.4, -0.2) is 41.6 Å². The summed E-state index contributed by atoms with van der Waals surface area (Å²) in [5, 5.41) is 11.4. The normalized spacial score (nSPS) is 13.0. The van der Waals surface area contributed by atoms with E-state index in [1.807, 2.05) is 0 Å². The van der Waals surface area contributed by atoms with E-state index in [4.69, 9.17) is 16.0 Å². The lowest BCUT2D eigenvalue weighted by atomic mass is 9.99. The van der Waals surface area contributed by atoms with Crippen molar-refractivity contribution in [1.82, 2.24) is 5.06 Å². The van der Waals surface area contributed by atoms with Crippen LogP contribution >= 0.6 is 0 Å². The van der Waals surface area contributed by atoms with Crippen molar-refractivity contribution in [2.75, 3.05) is 18.5 Å². The molecule has 0 saturated carbocycles. The zero-order valence-corrected chi connectivity index (χ0v) is 16.0. The molecule has 0 aliphatic carbocycles. The van der Waals surface area contributed by atoms with E-state index in [1.165, 1.54) is 5.06 Å². The number of nitrogen functional groups attached to an aromatic ring is 1. The molecule has 150 valence electrons. The van der Waals surface area contributed by atoms with Crippen LogP contribution in [0.5, 0.6) is 0 Å². The Balaban J connectivity index is 1.72. The number of fused-ring (bicyclic) bond motifs is 1. The molecule has 0 unspecified atom stereocenters. The molecule has 0 bridgehead atoms. The first-order valence-electron chi connectivity index (χ1n) is 9.24. The molecular formula is C21H22N4O4. The minimum Gasteiger partial charge on any atom is -0.384 e. The number of nitrogens with two attached hydrogens (primary N) is 1. The van der Waals surface area contributed by atoms with Gasteiger partial charge < -0.3 is 11.1 Å². The number of hydrogen-bond acceptors (Lipinski definition) is 5. The number of nitrogens with zero attached hydrogens (tertiary/aromatic N) is 1. The number of carbonyl (C=O) groups excluding carboxylic acids is 3. The third-order valence-corrected chi connectivity index (χ3v) is 4.64. The molecule has 8 nitrogen and oxygen atoms in total. The molecule has 3 rings (SSSR count). The number of nitrogens with one attached hydrogen (secondary N) is 2. The molecule has 0 saturated heterocycles. The van der Waals surface area contributed by atoms with Crippen LogP contribution < -0.4 is 11.1 Å². The highest BCUT2D eigenvalue weighted by molar-refractivity contribution is 6.06. The Bertz CT molecular complexity index is 969. The second kappa shape index (κ2) is 8.66. The Morgan fingerprint density at radius 1 is 1.17 bits per heavy atom. The van der Waals surface area contributed by atoms with Gasteiger partial charge in [-0.15, -0.1) is 0 Å². The summed E-state index contributed by atoms with van der Waals surface area (Å²) >= 11 is 0. The van der Waals surface area contributed by atoms with Crippen molar-refractivity contribution in [1.29, 1.82) is 5.41 Å². The van der Waals surface area contributed by atoms with Crippen molar-refractivity contribution in [3.8, 4) is 0 Å². The minimum absolute atomic E-state index is 0.0717. The van der Waals surface area contributed by atoms with E-state index in [0.717, 1.165) is 5.56 Å². The first-order chi connectivity index (χ1) is 13.9. The standard InChI is InChI=1S/C21H22N4O4/c1-2-17(26)12-29-25-10-9-13-7-8-16(11-18(13)21(25)28)24-20(27)15-5-3-14(4-6-15)19(22)23/h3-8,11H,2,9-10,12H2,1H3,(H3,22,23)(H,24,27). The number of amides is 2. The van der Waals surface area contributed by atoms with Crippen LogP contribution in [0.3, 0.4) is 0 Å². The number of hydrogen-bond donors (Lipinski definition) is 3. The molecule has 1 heterocycles. The van der Waals surface area contributed by atoms with Gasteiger partial charge in [-0.1, -0.05) is 25.1 Å². The first-order valence-corrected chi connectivity index (χ1v) is 9.24. The van der Waals surface area contributed by atoms with Crippen LogP contribution in [-0.2, 0) is 16.1 Å². The average molecular weight is 394 g/mol. The maximum atomic E-state index is 12.7. The van der Waals surface area contributed by atoms with E-state index < -0.39 is 0 Å². The summed E-state index contributed by atoms with van der Waals surface area (Å²) in [7, 11) is 0. The summed E-state index contributed by atoms with van der Waals surface area (Å²) in [5.74, 6) is -0.833. The predicted molar refractivity (Wildman–Crippen MR) is 108 cm³/mol. The second-order valence-corrected chi connectivity index (χ2v) is 6.64. The molecule has 0 fully saturated rings. The molecule has 0 radical (unpaired) electrons. The van der Waals surface area contributed by atoms with Gasteiger partial charge in [0.1, 0.15) is 12.4 Å². The zero-order valence-electron chi connectivity index (χ0n) is 16.0. The lowest BCUT2D eigenvalue weighted by Gasteiger charge is -2.27. The summed E-state index contributed by atoms with van der Waals surface area (Å²) in [6.45, 7) is 1.98. The molecule has 2 aromatic carbocycles. The number of rotatable bonds is 7. The van der Waals surface area contributed by atoms with Gasteiger partial charge in [-0.05, 0) is 36.2 Å².